The van der Waals surface area contributed by atoms with Gasteiger partial charge in [0, 0.05) is 13.2 Å². The van der Waals surface area contributed by atoms with Crippen LogP contribution in [-0.2, 0) is 27.6 Å². The van der Waals surface area contributed by atoms with Crippen molar-refractivity contribution in [2.75, 3.05) is 44.5 Å². The minimum absolute atomic E-state index is 0.0552. The van der Waals surface area contributed by atoms with Gasteiger partial charge < -0.3 is 19.9 Å². The molecule has 2 N–H and O–H groups in total. The Labute approximate surface area is 255 Å². The van der Waals surface area contributed by atoms with Crippen LogP contribution in [0.4, 0.5) is 4.79 Å². The Morgan fingerprint density at radius 2 is 1.34 bits per heavy atom. The minimum atomic E-state index is -3.98. The largest absolute Gasteiger partial charge is 0.475 e. The van der Waals surface area contributed by atoms with Crippen LogP contribution >= 0.6 is 19.6 Å². The van der Waals surface area contributed by atoms with Gasteiger partial charge in [-0.15, -0.1) is 0 Å². The molecule has 41 heavy (non-hydrogen) atoms. The second-order valence-electron chi connectivity index (χ2n) is 12.4. The zero-order chi connectivity index (χ0) is 31.0. The average Bonchev–Trinajstić information content (AvgIpc) is 2.85. The summed E-state index contributed by atoms with van der Waals surface area (Å²) in [6.07, 6.45) is 13.8. The maximum atomic E-state index is 13.1. The van der Waals surface area contributed by atoms with Gasteiger partial charge in [-0.25, -0.2) is 9.36 Å². The van der Waals surface area contributed by atoms with E-state index >= 15 is 0 Å². The van der Waals surface area contributed by atoms with Crippen LogP contribution in [0.5, 0.6) is 0 Å². The van der Waals surface area contributed by atoms with Crippen molar-refractivity contribution < 1.29 is 37.5 Å². The molecule has 0 saturated carbocycles. The number of hydrogen-bond acceptors (Lipinski definition) is 9. The van der Waals surface area contributed by atoms with Gasteiger partial charge in [-0.2, -0.15) is 11.8 Å². The molecule has 1 unspecified atom stereocenters. The molecule has 0 radical (unpaired) electrons. The number of hydrogen-bond donors (Lipinski definition) is 2. The molecule has 11 heteroatoms. The maximum absolute atomic E-state index is 13.1. The summed E-state index contributed by atoms with van der Waals surface area (Å²) in [6, 6.07) is 0. The molecule has 2 atom stereocenters. The fourth-order valence-corrected chi connectivity index (χ4v) is 6.24. The number of ether oxygens (including phenoxy) is 2. The summed E-state index contributed by atoms with van der Waals surface area (Å²) in [4.78, 5) is 11.8. The number of rotatable bonds is 26. The first kappa shape index (κ1) is 40.6. The minimum Gasteiger partial charge on any atom is -0.444 e. The zero-order valence-corrected chi connectivity index (χ0v) is 28.9. The highest BCUT2D eigenvalue weighted by atomic mass is 32.2. The number of thioether (sulfide) groups is 1. The van der Waals surface area contributed by atoms with E-state index in [1.54, 1.807) is 41.5 Å². The van der Waals surface area contributed by atoms with Gasteiger partial charge in [0.2, 0.25) is 0 Å². The lowest BCUT2D eigenvalue weighted by Crippen LogP contribution is -2.34. The van der Waals surface area contributed by atoms with Crippen molar-refractivity contribution in [1.82, 2.24) is 5.32 Å². The van der Waals surface area contributed by atoms with E-state index in [-0.39, 0.29) is 26.4 Å². The molecular weight excluding hydrogens is 565 g/mol. The lowest BCUT2D eigenvalue weighted by atomic mass is 10.1. The molecule has 1 amide bonds. The number of phosphoric acid groups is 1. The zero-order valence-electron chi connectivity index (χ0n) is 27.2. The number of carbonyl (C=O) groups is 1. The summed E-state index contributed by atoms with van der Waals surface area (Å²) in [6.45, 7) is 13.0. The van der Waals surface area contributed by atoms with Crippen LogP contribution in [0.3, 0.4) is 0 Å². The molecule has 0 fully saturated rings. The van der Waals surface area contributed by atoms with Crippen LogP contribution in [0.25, 0.3) is 0 Å². The summed E-state index contributed by atoms with van der Waals surface area (Å²) in [5.41, 5.74) is -1.43. The predicted octanol–water partition coefficient (Wildman–Crippen LogP) is 8.28. The van der Waals surface area contributed by atoms with Gasteiger partial charge in [0.1, 0.15) is 11.7 Å². The Balaban J connectivity index is 3.91. The van der Waals surface area contributed by atoms with E-state index in [0.717, 1.165) is 12.8 Å². The quantitative estimate of drug-likeness (QED) is 0.0722. The highest BCUT2D eigenvalue weighted by Gasteiger charge is 2.33. The molecule has 0 bridgehead atoms. The first-order chi connectivity index (χ1) is 19.3. The van der Waals surface area contributed by atoms with Gasteiger partial charge >= 0.3 is 13.9 Å². The van der Waals surface area contributed by atoms with Crippen molar-refractivity contribution in [3.63, 3.8) is 0 Å². The molecule has 0 heterocycles. The van der Waals surface area contributed by atoms with Crippen molar-refractivity contribution in [3.05, 3.63) is 0 Å². The fraction of sp³-hybridized carbons (Fsp3) is 0.967. The molecule has 9 nitrogen and oxygen atoms in total. The first-order valence-corrected chi connectivity index (χ1v) is 18.3. The van der Waals surface area contributed by atoms with Crippen molar-refractivity contribution in [3.8, 4) is 0 Å². The van der Waals surface area contributed by atoms with E-state index in [4.69, 9.17) is 23.0 Å². The lowest BCUT2D eigenvalue weighted by molar-refractivity contribution is -0.0124. The van der Waals surface area contributed by atoms with E-state index in [2.05, 4.69) is 24.0 Å². The fourth-order valence-electron chi connectivity index (χ4n) is 3.70. The van der Waals surface area contributed by atoms with Crippen molar-refractivity contribution in [2.45, 2.75) is 143 Å². The predicted molar refractivity (Wildman–Crippen MR) is 170 cm³/mol. The smallest absolute Gasteiger partial charge is 0.444 e. The summed E-state index contributed by atoms with van der Waals surface area (Å²) in [5, 5.41) is 12.8. The van der Waals surface area contributed by atoms with Gasteiger partial charge in [0.15, 0.2) is 0 Å². The van der Waals surface area contributed by atoms with Crippen molar-refractivity contribution in [2.24, 2.45) is 0 Å². The molecule has 0 aliphatic carbocycles. The van der Waals surface area contributed by atoms with Crippen LogP contribution in [0.15, 0.2) is 0 Å². The number of carbonyl (C=O) groups excluding carboxylic acids is 1. The topological polar surface area (TPSA) is 113 Å². The molecular formula is C30H62NO8PS. The summed E-state index contributed by atoms with van der Waals surface area (Å²) in [5.74, 6) is 2.58. The molecule has 246 valence electrons. The number of alkyl carbamates (subject to hydrolysis) is 1. The van der Waals surface area contributed by atoms with Gasteiger partial charge in [-0.1, -0.05) is 64.7 Å². The molecule has 0 saturated heterocycles. The van der Waals surface area contributed by atoms with Crippen LogP contribution in [-0.4, -0.2) is 73.0 Å². The number of phosphoric ester groups is 1. The number of amides is 1. The normalized spacial score (nSPS) is 14.5. The second-order valence-corrected chi connectivity index (χ2v) is 15.3. The van der Waals surface area contributed by atoms with Gasteiger partial charge in [-0.05, 0) is 72.3 Å². The van der Waals surface area contributed by atoms with E-state index < -0.39 is 31.2 Å². The van der Waals surface area contributed by atoms with E-state index in [1.807, 2.05) is 0 Å². The van der Waals surface area contributed by atoms with Crippen molar-refractivity contribution in [1.29, 1.82) is 0 Å². The average molecular weight is 628 g/mol. The van der Waals surface area contributed by atoms with Crippen LogP contribution in [0.1, 0.15) is 126 Å². The molecule has 0 spiro atoms. The van der Waals surface area contributed by atoms with Crippen LogP contribution in [0, 0.1) is 0 Å². The summed E-state index contributed by atoms with van der Waals surface area (Å²) in [7, 11) is -3.98. The molecule has 0 aromatic heterocycles. The van der Waals surface area contributed by atoms with Gasteiger partial charge in [-0.3, -0.25) is 13.6 Å². The van der Waals surface area contributed by atoms with E-state index in [0.29, 0.717) is 6.61 Å². The monoisotopic (exact) mass is 627 g/mol. The number of nitrogens with one attached hydrogen (secondary N) is 1. The molecule has 0 rings (SSSR count). The van der Waals surface area contributed by atoms with Crippen LogP contribution in [0.2, 0.25) is 0 Å². The standard InChI is InChI=1S/C30H62NO8PS/c1-8-9-10-11-15-18-23-41-24-19-16-13-12-14-17-21-35-25-27(32)26-37-40(34,39-30(5,6)7)36-22-20-31-28(33)38-29(2,3)4/h27,32H,8-26H2,1-7H3,(H,31,33)/t27-,40?/m1/s1. The van der Waals surface area contributed by atoms with Gasteiger partial charge in [0.05, 0.1) is 25.4 Å². The summed E-state index contributed by atoms with van der Waals surface area (Å²) < 4.78 is 40.1. The highest BCUT2D eigenvalue weighted by Crippen LogP contribution is 2.52. The van der Waals surface area contributed by atoms with Crippen LogP contribution < -0.4 is 5.32 Å². The number of unbranched alkanes of at least 4 members (excludes halogenated alkanes) is 10. The lowest BCUT2D eigenvalue weighted by Gasteiger charge is -2.27. The Morgan fingerprint density at radius 1 is 0.780 bits per heavy atom. The first-order valence-electron chi connectivity index (χ1n) is 15.7. The Morgan fingerprint density at radius 3 is 1.90 bits per heavy atom. The Bertz CT molecular complexity index is 684. The molecule has 0 aliphatic heterocycles. The Kier molecular flexibility index (Phi) is 23.8. The molecule has 0 aliphatic rings. The second kappa shape index (κ2) is 24.0. The highest BCUT2D eigenvalue weighted by molar-refractivity contribution is 7.99. The third kappa shape index (κ3) is 29.5. The third-order valence-corrected chi connectivity index (χ3v) is 8.50. The maximum Gasteiger partial charge on any atom is 0.475 e. The summed E-state index contributed by atoms with van der Waals surface area (Å²) >= 11 is 2.10. The van der Waals surface area contributed by atoms with E-state index in [9.17, 15) is 14.5 Å². The van der Waals surface area contributed by atoms with Gasteiger partial charge in [0.25, 0.3) is 0 Å². The number of aliphatic hydroxyl groups is 1. The molecule has 0 aromatic rings. The number of aliphatic hydroxyl groups excluding tert-OH is 1. The van der Waals surface area contributed by atoms with E-state index in [1.165, 1.54) is 75.7 Å². The molecule has 0 aromatic carbocycles. The van der Waals surface area contributed by atoms with Crippen molar-refractivity contribution >= 4 is 25.7 Å². The SMILES string of the molecule is CCCCCCCCSCCCCCCCCOC[C@@H](O)COP(=O)(OCCNC(=O)OC(C)(C)C)OC(C)(C)C. The Hall–Kier alpha value is -0.350. The third-order valence-electron chi connectivity index (χ3n) is 5.61.